The Morgan fingerprint density at radius 3 is 2.50 bits per heavy atom. The summed E-state index contributed by atoms with van der Waals surface area (Å²) in [4.78, 5) is 35.0. The van der Waals surface area contributed by atoms with Crippen molar-refractivity contribution in [2.24, 2.45) is 5.92 Å². The van der Waals surface area contributed by atoms with E-state index in [1.807, 2.05) is 13.0 Å². The summed E-state index contributed by atoms with van der Waals surface area (Å²) >= 11 is 0. The van der Waals surface area contributed by atoms with Crippen molar-refractivity contribution in [3.8, 4) is 11.5 Å². The minimum atomic E-state index is -0.745. The standard InChI is InChI=1S/C21H24O7/c1-11-16-10-27-21(25)17(16)19(28-12(2)22)15(18(11)26-3)9-6-13-4-7-14(8-5-13)20(23)24/h6,14H,4-5,7-10H2,1-3H3,(H,23,24). The Morgan fingerprint density at radius 2 is 1.93 bits per heavy atom. The minimum Gasteiger partial charge on any atom is -0.496 e. The Bertz CT molecular complexity index is 856. The highest BCUT2D eigenvalue weighted by molar-refractivity contribution is 5.99. The number of rotatable bonds is 5. The second kappa shape index (κ2) is 8.04. The van der Waals surface area contributed by atoms with Crippen molar-refractivity contribution in [2.75, 3.05) is 7.11 Å². The molecule has 0 saturated heterocycles. The molecule has 0 bridgehead atoms. The molecule has 7 nitrogen and oxygen atoms in total. The fraction of sp³-hybridized carbons (Fsp3) is 0.476. The number of carbonyl (C=O) groups excluding carboxylic acids is 2. The van der Waals surface area contributed by atoms with Crippen molar-refractivity contribution >= 4 is 17.9 Å². The molecule has 150 valence electrons. The number of ether oxygens (including phenoxy) is 3. The van der Waals surface area contributed by atoms with Crippen LogP contribution < -0.4 is 9.47 Å². The molecule has 3 rings (SSSR count). The van der Waals surface area contributed by atoms with Gasteiger partial charge in [-0.05, 0) is 44.6 Å². The Morgan fingerprint density at radius 1 is 1.25 bits per heavy atom. The van der Waals surface area contributed by atoms with Crippen molar-refractivity contribution in [3.63, 3.8) is 0 Å². The van der Waals surface area contributed by atoms with Gasteiger partial charge < -0.3 is 19.3 Å². The topological polar surface area (TPSA) is 99.1 Å². The third kappa shape index (κ3) is 3.74. The molecule has 2 aliphatic rings. The molecule has 0 atom stereocenters. The quantitative estimate of drug-likeness (QED) is 0.469. The third-order valence-corrected chi connectivity index (χ3v) is 5.44. The Labute approximate surface area is 163 Å². The van der Waals surface area contributed by atoms with Crippen LogP contribution in [0.2, 0.25) is 0 Å². The van der Waals surface area contributed by atoms with Crippen molar-refractivity contribution in [1.82, 2.24) is 0 Å². The highest BCUT2D eigenvalue weighted by Crippen LogP contribution is 2.43. The van der Waals surface area contributed by atoms with Crippen LogP contribution in [0.3, 0.4) is 0 Å². The monoisotopic (exact) mass is 388 g/mol. The molecule has 1 heterocycles. The van der Waals surface area contributed by atoms with E-state index in [0.29, 0.717) is 49.0 Å². The lowest BCUT2D eigenvalue weighted by atomic mass is 9.85. The minimum absolute atomic E-state index is 0.128. The average molecular weight is 388 g/mol. The first-order valence-electron chi connectivity index (χ1n) is 9.32. The van der Waals surface area contributed by atoms with Crippen LogP contribution in [-0.4, -0.2) is 30.1 Å². The lowest BCUT2D eigenvalue weighted by Gasteiger charge is -2.21. The number of carboxylic acid groups (broad SMARTS) is 1. The van der Waals surface area contributed by atoms with Gasteiger partial charge in [-0.25, -0.2) is 4.79 Å². The second-order valence-electron chi connectivity index (χ2n) is 7.17. The van der Waals surface area contributed by atoms with E-state index in [4.69, 9.17) is 19.3 Å². The number of cyclic esters (lactones) is 1. The molecule has 0 aromatic heterocycles. The van der Waals surface area contributed by atoms with Crippen LogP contribution in [0.1, 0.15) is 59.7 Å². The fourth-order valence-electron chi connectivity index (χ4n) is 3.95. The summed E-state index contributed by atoms with van der Waals surface area (Å²) in [5, 5.41) is 9.14. The molecule has 0 radical (unpaired) electrons. The maximum atomic E-state index is 12.3. The van der Waals surface area contributed by atoms with Gasteiger partial charge >= 0.3 is 17.9 Å². The lowest BCUT2D eigenvalue weighted by Crippen LogP contribution is -2.17. The van der Waals surface area contributed by atoms with E-state index >= 15 is 0 Å². The predicted molar refractivity (Wildman–Crippen MR) is 99.5 cm³/mol. The van der Waals surface area contributed by atoms with Crippen molar-refractivity contribution in [1.29, 1.82) is 0 Å². The van der Waals surface area contributed by atoms with Gasteiger partial charge in [0.1, 0.15) is 17.9 Å². The number of hydrogen-bond donors (Lipinski definition) is 1. The smallest absolute Gasteiger partial charge is 0.342 e. The number of hydrogen-bond acceptors (Lipinski definition) is 6. The fourth-order valence-corrected chi connectivity index (χ4v) is 3.95. The van der Waals surface area contributed by atoms with Crippen LogP contribution in [0.5, 0.6) is 11.5 Å². The second-order valence-corrected chi connectivity index (χ2v) is 7.17. The third-order valence-electron chi connectivity index (χ3n) is 5.44. The number of allylic oxidation sites excluding steroid dienone is 2. The van der Waals surface area contributed by atoms with Crippen LogP contribution in [0.25, 0.3) is 0 Å². The summed E-state index contributed by atoms with van der Waals surface area (Å²) < 4.78 is 16.2. The van der Waals surface area contributed by atoms with E-state index in [2.05, 4.69) is 0 Å². The Hall–Kier alpha value is -2.83. The molecule has 1 saturated carbocycles. The first-order chi connectivity index (χ1) is 13.3. The van der Waals surface area contributed by atoms with E-state index in [1.54, 1.807) is 7.11 Å². The molecule has 1 aromatic carbocycles. The molecule has 0 unspecified atom stereocenters. The normalized spacial score (nSPS) is 18.3. The number of esters is 2. The summed E-state index contributed by atoms with van der Waals surface area (Å²) in [5.74, 6) is -1.30. The predicted octanol–water partition coefficient (Wildman–Crippen LogP) is 3.34. The molecular weight excluding hydrogens is 364 g/mol. The molecule has 0 amide bonds. The summed E-state index contributed by atoms with van der Waals surface area (Å²) in [6, 6.07) is 0. The Kier molecular flexibility index (Phi) is 5.72. The number of aliphatic carboxylic acids is 1. The van der Waals surface area contributed by atoms with E-state index in [-0.39, 0.29) is 23.8 Å². The van der Waals surface area contributed by atoms with Crippen molar-refractivity contribution in [2.45, 2.75) is 52.6 Å². The number of fused-ring (bicyclic) bond motifs is 1. The van der Waals surface area contributed by atoms with Gasteiger partial charge in [0.25, 0.3) is 0 Å². The van der Waals surface area contributed by atoms with Gasteiger partial charge in [-0.1, -0.05) is 11.6 Å². The van der Waals surface area contributed by atoms with Crippen LogP contribution in [-0.2, 0) is 27.4 Å². The van der Waals surface area contributed by atoms with Gasteiger partial charge in [0.2, 0.25) is 0 Å². The molecule has 28 heavy (non-hydrogen) atoms. The largest absolute Gasteiger partial charge is 0.496 e. The number of benzene rings is 1. The van der Waals surface area contributed by atoms with Crippen LogP contribution in [0.15, 0.2) is 11.6 Å². The summed E-state index contributed by atoms with van der Waals surface area (Å²) in [6.45, 7) is 3.27. The maximum absolute atomic E-state index is 12.3. The summed E-state index contributed by atoms with van der Waals surface area (Å²) in [7, 11) is 1.54. The number of methoxy groups -OCH3 is 1. The number of carboxylic acids is 1. The summed E-state index contributed by atoms with van der Waals surface area (Å²) in [6.07, 6.45) is 5.10. The zero-order chi connectivity index (χ0) is 20.4. The van der Waals surface area contributed by atoms with E-state index in [9.17, 15) is 14.4 Å². The molecular formula is C21H24O7. The van der Waals surface area contributed by atoms with Gasteiger partial charge in [0.05, 0.1) is 13.0 Å². The zero-order valence-corrected chi connectivity index (χ0v) is 16.3. The van der Waals surface area contributed by atoms with E-state index in [0.717, 1.165) is 11.1 Å². The summed E-state index contributed by atoms with van der Waals surface area (Å²) in [5.41, 5.74) is 3.55. The van der Waals surface area contributed by atoms with Crippen LogP contribution in [0.4, 0.5) is 0 Å². The van der Waals surface area contributed by atoms with Gasteiger partial charge in [0, 0.05) is 18.1 Å². The van der Waals surface area contributed by atoms with Crippen LogP contribution >= 0.6 is 0 Å². The molecule has 1 fully saturated rings. The first-order valence-corrected chi connectivity index (χ1v) is 9.32. The zero-order valence-electron chi connectivity index (χ0n) is 16.3. The van der Waals surface area contributed by atoms with Gasteiger partial charge in [-0.15, -0.1) is 0 Å². The molecule has 1 N–H and O–H groups in total. The lowest BCUT2D eigenvalue weighted by molar-refractivity contribution is -0.142. The van der Waals surface area contributed by atoms with E-state index in [1.165, 1.54) is 6.92 Å². The Balaban J connectivity index is 1.98. The highest BCUT2D eigenvalue weighted by Gasteiger charge is 2.33. The van der Waals surface area contributed by atoms with Crippen LogP contribution in [0, 0.1) is 12.8 Å². The van der Waals surface area contributed by atoms with E-state index < -0.39 is 17.9 Å². The number of carbonyl (C=O) groups is 3. The molecule has 1 aliphatic heterocycles. The maximum Gasteiger partial charge on any atom is 0.342 e. The van der Waals surface area contributed by atoms with Gasteiger partial charge in [-0.2, -0.15) is 0 Å². The average Bonchev–Trinajstić information content (AvgIpc) is 3.04. The SMILES string of the molecule is COc1c(C)c2c(c(OC(C)=O)c1CC=C1CCC(C(=O)O)CC1)C(=O)OC2. The first kappa shape index (κ1) is 19.9. The van der Waals surface area contributed by atoms with Crippen molar-refractivity contribution < 1.29 is 33.7 Å². The van der Waals surface area contributed by atoms with Crippen molar-refractivity contribution in [3.05, 3.63) is 33.9 Å². The van der Waals surface area contributed by atoms with Gasteiger partial charge in [0.15, 0.2) is 5.75 Å². The van der Waals surface area contributed by atoms with Gasteiger partial charge in [-0.3, -0.25) is 9.59 Å². The molecule has 1 aromatic rings. The molecule has 0 spiro atoms. The highest BCUT2D eigenvalue weighted by atomic mass is 16.6. The molecule has 1 aliphatic carbocycles. The molecule has 7 heteroatoms.